The third-order valence-corrected chi connectivity index (χ3v) is 10.4. The van der Waals surface area contributed by atoms with E-state index < -0.39 is 8.32 Å². The molecule has 1 rings (SSSR count). The van der Waals surface area contributed by atoms with Crippen LogP contribution in [0.1, 0.15) is 59.4 Å². The van der Waals surface area contributed by atoms with E-state index in [2.05, 4.69) is 59.9 Å². The molecule has 0 bridgehead atoms. The lowest BCUT2D eigenvalue weighted by Crippen LogP contribution is -2.44. The van der Waals surface area contributed by atoms with E-state index in [-0.39, 0.29) is 11.1 Å². The van der Waals surface area contributed by atoms with Crippen molar-refractivity contribution in [1.82, 2.24) is 0 Å². The van der Waals surface area contributed by atoms with Crippen LogP contribution in [0.3, 0.4) is 0 Å². The standard InChI is InChI=1S/C25H41NO3Si/c1-20(16-24(17-26)29-30(7,8)25(3,4)5)10-9-11-21(2)18-28-19-22-12-14-23(27-6)15-13-22/h11-15,20,24H,9-10,16,18-19H2,1-8H3/b21-11+/t20-,24+/m1/s1. The lowest BCUT2D eigenvalue weighted by atomic mass is 9.98. The number of allylic oxidation sites excluding steroid dienone is 1. The minimum atomic E-state index is -1.91. The third-order valence-electron chi connectivity index (χ3n) is 5.91. The highest BCUT2D eigenvalue weighted by molar-refractivity contribution is 6.74. The van der Waals surface area contributed by atoms with E-state index in [1.54, 1.807) is 7.11 Å². The number of hydrogen-bond donors (Lipinski definition) is 0. The van der Waals surface area contributed by atoms with Gasteiger partial charge in [-0.3, -0.25) is 0 Å². The van der Waals surface area contributed by atoms with Gasteiger partial charge in [-0.2, -0.15) is 5.26 Å². The number of hydrogen-bond acceptors (Lipinski definition) is 4. The van der Waals surface area contributed by atoms with Gasteiger partial charge in [0.1, 0.15) is 11.9 Å². The fraction of sp³-hybridized carbons (Fsp3) is 0.640. The van der Waals surface area contributed by atoms with Gasteiger partial charge in [0.15, 0.2) is 8.32 Å². The highest BCUT2D eigenvalue weighted by atomic mass is 28.4. The van der Waals surface area contributed by atoms with Crippen molar-refractivity contribution in [2.75, 3.05) is 13.7 Å². The van der Waals surface area contributed by atoms with E-state index >= 15 is 0 Å². The Hall–Kier alpha value is -1.61. The number of ether oxygens (including phenoxy) is 2. The molecule has 0 aliphatic rings. The lowest BCUT2D eigenvalue weighted by molar-refractivity contribution is 0.142. The molecule has 0 saturated carbocycles. The van der Waals surface area contributed by atoms with Crippen LogP contribution in [0.5, 0.6) is 5.75 Å². The molecule has 0 heterocycles. The largest absolute Gasteiger partial charge is 0.497 e. The Morgan fingerprint density at radius 1 is 1.20 bits per heavy atom. The molecule has 0 aliphatic carbocycles. The molecule has 168 valence electrons. The fourth-order valence-corrected chi connectivity index (χ4v) is 4.08. The molecular weight excluding hydrogens is 390 g/mol. The predicted octanol–water partition coefficient (Wildman–Crippen LogP) is 6.88. The average Bonchev–Trinajstić information content (AvgIpc) is 2.67. The first-order chi connectivity index (χ1) is 14.0. The van der Waals surface area contributed by atoms with E-state index in [4.69, 9.17) is 13.9 Å². The topological polar surface area (TPSA) is 51.5 Å². The summed E-state index contributed by atoms with van der Waals surface area (Å²) >= 11 is 0. The first kappa shape index (κ1) is 26.4. The summed E-state index contributed by atoms with van der Waals surface area (Å²) in [6.07, 6.45) is 4.79. The number of methoxy groups -OCH3 is 1. The van der Waals surface area contributed by atoms with Gasteiger partial charge < -0.3 is 13.9 Å². The van der Waals surface area contributed by atoms with Crippen molar-refractivity contribution in [3.05, 3.63) is 41.5 Å². The number of rotatable bonds is 12. The second-order valence-electron chi connectivity index (χ2n) is 9.81. The molecule has 1 aromatic rings. The SMILES string of the molecule is COc1ccc(COC/C(C)=C/CC[C@@H](C)C[C@@H](C#N)O[Si](C)(C)C(C)(C)C)cc1. The van der Waals surface area contributed by atoms with Crippen LogP contribution in [0.2, 0.25) is 18.1 Å². The molecule has 0 radical (unpaired) electrons. The smallest absolute Gasteiger partial charge is 0.193 e. The molecule has 0 aromatic heterocycles. The predicted molar refractivity (Wildman–Crippen MR) is 127 cm³/mol. The van der Waals surface area contributed by atoms with Crippen molar-refractivity contribution in [1.29, 1.82) is 5.26 Å². The minimum Gasteiger partial charge on any atom is -0.497 e. The van der Waals surface area contributed by atoms with Gasteiger partial charge in [0.05, 0.1) is 26.4 Å². The highest BCUT2D eigenvalue weighted by Gasteiger charge is 2.39. The maximum atomic E-state index is 9.55. The van der Waals surface area contributed by atoms with Crippen LogP contribution in [0.25, 0.3) is 0 Å². The summed E-state index contributed by atoms with van der Waals surface area (Å²) in [5.41, 5.74) is 2.38. The Labute approximate surface area is 185 Å². The van der Waals surface area contributed by atoms with Gasteiger partial charge in [-0.25, -0.2) is 0 Å². The van der Waals surface area contributed by atoms with Crippen LogP contribution < -0.4 is 4.74 Å². The van der Waals surface area contributed by atoms with Crippen LogP contribution in [0, 0.1) is 17.2 Å². The molecule has 0 spiro atoms. The number of nitriles is 1. The van der Waals surface area contributed by atoms with E-state index in [0.29, 0.717) is 19.1 Å². The van der Waals surface area contributed by atoms with Crippen LogP contribution in [-0.2, 0) is 15.8 Å². The molecule has 1 aromatic carbocycles. The quantitative estimate of drug-likeness (QED) is 0.267. The van der Waals surface area contributed by atoms with Crippen molar-refractivity contribution < 1.29 is 13.9 Å². The Bertz CT molecular complexity index is 699. The Morgan fingerprint density at radius 3 is 2.37 bits per heavy atom. The maximum absolute atomic E-state index is 9.55. The molecule has 0 saturated heterocycles. The fourth-order valence-electron chi connectivity index (χ4n) is 2.87. The minimum absolute atomic E-state index is 0.122. The van der Waals surface area contributed by atoms with Gasteiger partial charge in [-0.15, -0.1) is 0 Å². The van der Waals surface area contributed by atoms with Gasteiger partial charge >= 0.3 is 0 Å². The van der Waals surface area contributed by atoms with Gasteiger partial charge in [0, 0.05) is 0 Å². The Balaban J connectivity index is 2.36. The molecule has 4 nitrogen and oxygen atoms in total. The zero-order valence-corrected chi connectivity index (χ0v) is 21.2. The normalized spacial score (nSPS) is 14.8. The monoisotopic (exact) mass is 431 g/mol. The summed E-state index contributed by atoms with van der Waals surface area (Å²) in [6, 6.07) is 10.3. The number of benzene rings is 1. The molecule has 0 unspecified atom stereocenters. The Kier molecular flexibility index (Phi) is 10.8. The molecule has 2 atom stereocenters. The van der Waals surface area contributed by atoms with E-state index in [0.717, 1.165) is 30.6 Å². The summed E-state index contributed by atoms with van der Waals surface area (Å²) in [7, 11) is -0.242. The summed E-state index contributed by atoms with van der Waals surface area (Å²) in [5.74, 6) is 1.31. The lowest BCUT2D eigenvalue weighted by Gasteiger charge is -2.38. The summed E-state index contributed by atoms with van der Waals surface area (Å²) in [6.45, 7) is 16.6. The van der Waals surface area contributed by atoms with E-state index in [1.807, 2.05) is 24.3 Å². The van der Waals surface area contributed by atoms with E-state index in [1.165, 1.54) is 5.57 Å². The highest BCUT2D eigenvalue weighted by Crippen LogP contribution is 2.38. The molecule has 0 N–H and O–H groups in total. The Morgan fingerprint density at radius 2 is 1.83 bits per heavy atom. The second kappa shape index (κ2) is 12.3. The van der Waals surface area contributed by atoms with Crippen molar-refractivity contribution in [3.8, 4) is 11.8 Å². The number of nitrogens with zero attached hydrogens (tertiary/aromatic N) is 1. The van der Waals surface area contributed by atoms with E-state index in [9.17, 15) is 5.26 Å². The van der Waals surface area contributed by atoms with Gasteiger partial charge in [-0.1, -0.05) is 51.5 Å². The van der Waals surface area contributed by atoms with Gasteiger partial charge in [0.2, 0.25) is 0 Å². The first-order valence-electron chi connectivity index (χ1n) is 10.9. The zero-order chi connectivity index (χ0) is 22.8. The first-order valence-corrected chi connectivity index (χ1v) is 13.8. The van der Waals surface area contributed by atoms with Crippen molar-refractivity contribution in [2.45, 2.75) is 84.7 Å². The van der Waals surface area contributed by atoms with Crippen LogP contribution >= 0.6 is 0 Å². The van der Waals surface area contributed by atoms with Crippen LogP contribution in [0.15, 0.2) is 35.9 Å². The zero-order valence-electron chi connectivity index (χ0n) is 20.2. The van der Waals surface area contributed by atoms with Gasteiger partial charge in [0.25, 0.3) is 0 Å². The summed E-state index contributed by atoms with van der Waals surface area (Å²) < 4.78 is 17.3. The molecule has 30 heavy (non-hydrogen) atoms. The third kappa shape index (κ3) is 9.47. The van der Waals surface area contributed by atoms with Gasteiger partial charge in [-0.05, 0) is 67.9 Å². The second-order valence-corrected chi connectivity index (χ2v) is 14.6. The molecule has 0 amide bonds. The molecule has 0 fully saturated rings. The summed E-state index contributed by atoms with van der Waals surface area (Å²) in [5, 5.41) is 9.67. The average molecular weight is 432 g/mol. The van der Waals surface area contributed by atoms with Crippen LogP contribution in [0.4, 0.5) is 0 Å². The van der Waals surface area contributed by atoms with Crippen molar-refractivity contribution in [2.24, 2.45) is 5.92 Å². The maximum Gasteiger partial charge on any atom is 0.193 e. The van der Waals surface area contributed by atoms with Crippen LogP contribution in [-0.4, -0.2) is 28.1 Å². The molecule has 0 aliphatic heterocycles. The molecular formula is C25H41NO3Si. The summed E-state index contributed by atoms with van der Waals surface area (Å²) in [4.78, 5) is 0. The van der Waals surface area contributed by atoms with Crippen molar-refractivity contribution >= 4 is 8.32 Å². The van der Waals surface area contributed by atoms with Crippen molar-refractivity contribution in [3.63, 3.8) is 0 Å². The molecule has 5 heteroatoms.